The fourth-order valence-corrected chi connectivity index (χ4v) is 2.28. The molecule has 0 spiro atoms. The molecule has 0 aliphatic rings. The molecular formula is C16H26O3. The van der Waals surface area contributed by atoms with Crippen LogP contribution in [0, 0.1) is 5.92 Å². The first-order valence-corrected chi connectivity index (χ1v) is 7.27. The first-order valence-electron chi connectivity index (χ1n) is 7.27. The number of unbranched alkanes of at least 4 members (excludes halogenated alkanes) is 1. The summed E-state index contributed by atoms with van der Waals surface area (Å²) in [4.78, 5) is 11.3. The van der Waals surface area contributed by atoms with Gasteiger partial charge in [0.25, 0.3) is 0 Å². The van der Waals surface area contributed by atoms with Crippen LogP contribution >= 0.6 is 0 Å². The minimum Gasteiger partial charge on any atom is -0.469 e. The zero-order chi connectivity index (χ0) is 14.3. The molecule has 0 amide bonds. The molecule has 19 heavy (non-hydrogen) atoms. The zero-order valence-electron chi connectivity index (χ0n) is 12.6. The van der Waals surface area contributed by atoms with E-state index < -0.39 is 0 Å². The SMILES string of the molecule is CCCC[C@H](C)Cc1cc(CC)c(CC(=O)OC)o1. The van der Waals surface area contributed by atoms with E-state index in [1.165, 1.54) is 26.4 Å². The topological polar surface area (TPSA) is 39.4 Å². The van der Waals surface area contributed by atoms with E-state index in [0.29, 0.717) is 5.92 Å². The molecule has 3 nitrogen and oxygen atoms in total. The Balaban J connectivity index is 2.67. The smallest absolute Gasteiger partial charge is 0.313 e. The first kappa shape index (κ1) is 15.8. The van der Waals surface area contributed by atoms with Crippen LogP contribution in [-0.2, 0) is 28.8 Å². The van der Waals surface area contributed by atoms with Crippen molar-refractivity contribution in [2.24, 2.45) is 5.92 Å². The van der Waals surface area contributed by atoms with Crippen molar-refractivity contribution in [1.82, 2.24) is 0 Å². The van der Waals surface area contributed by atoms with Crippen molar-refractivity contribution >= 4 is 5.97 Å². The summed E-state index contributed by atoms with van der Waals surface area (Å²) in [6.45, 7) is 6.54. The van der Waals surface area contributed by atoms with Gasteiger partial charge in [0.05, 0.1) is 7.11 Å². The lowest BCUT2D eigenvalue weighted by Gasteiger charge is -2.07. The number of esters is 1. The zero-order valence-corrected chi connectivity index (χ0v) is 12.6. The lowest BCUT2D eigenvalue weighted by atomic mass is 9.99. The second kappa shape index (κ2) is 8.03. The maximum absolute atomic E-state index is 11.3. The van der Waals surface area contributed by atoms with Gasteiger partial charge in [-0.25, -0.2) is 0 Å². The van der Waals surface area contributed by atoms with Gasteiger partial charge in [-0.2, -0.15) is 0 Å². The largest absolute Gasteiger partial charge is 0.469 e. The third-order valence-corrected chi connectivity index (χ3v) is 3.46. The van der Waals surface area contributed by atoms with Crippen molar-refractivity contribution in [1.29, 1.82) is 0 Å². The van der Waals surface area contributed by atoms with Crippen molar-refractivity contribution in [2.45, 2.75) is 59.3 Å². The number of carbonyl (C=O) groups is 1. The van der Waals surface area contributed by atoms with E-state index >= 15 is 0 Å². The average Bonchev–Trinajstić information content (AvgIpc) is 2.77. The van der Waals surface area contributed by atoms with E-state index in [2.05, 4.69) is 26.8 Å². The van der Waals surface area contributed by atoms with E-state index in [0.717, 1.165) is 29.9 Å². The van der Waals surface area contributed by atoms with E-state index in [4.69, 9.17) is 9.15 Å². The van der Waals surface area contributed by atoms with Gasteiger partial charge in [0.1, 0.15) is 17.9 Å². The van der Waals surface area contributed by atoms with E-state index in [-0.39, 0.29) is 12.4 Å². The van der Waals surface area contributed by atoms with Gasteiger partial charge in [0.2, 0.25) is 0 Å². The second-order valence-electron chi connectivity index (χ2n) is 5.22. The summed E-state index contributed by atoms with van der Waals surface area (Å²) >= 11 is 0. The molecular weight excluding hydrogens is 240 g/mol. The molecule has 1 rings (SSSR count). The van der Waals surface area contributed by atoms with Crippen LogP contribution in [0.3, 0.4) is 0 Å². The number of furan rings is 1. The number of methoxy groups -OCH3 is 1. The van der Waals surface area contributed by atoms with E-state index in [1.807, 2.05) is 0 Å². The molecule has 3 heteroatoms. The number of hydrogen-bond acceptors (Lipinski definition) is 3. The van der Waals surface area contributed by atoms with Crippen molar-refractivity contribution in [3.05, 3.63) is 23.2 Å². The van der Waals surface area contributed by atoms with Gasteiger partial charge in [-0.3, -0.25) is 4.79 Å². The summed E-state index contributed by atoms with van der Waals surface area (Å²) in [6.07, 6.45) is 5.80. The van der Waals surface area contributed by atoms with Crippen LogP contribution in [0.1, 0.15) is 57.1 Å². The molecule has 1 aromatic rings. The maximum atomic E-state index is 11.3. The van der Waals surface area contributed by atoms with Gasteiger partial charge in [-0.15, -0.1) is 0 Å². The summed E-state index contributed by atoms with van der Waals surface area (Å²) in [6, 6.07) is 2.10. The summed E-state index contributed by atoms with van der Waals surface area (Å²) in [7, 11) is 1.41. The highest BCUT2D eigenvalue weighted by Crippen LogP contribution is 2.22. The molecule has 0 radical (unpaired) electrons. The molecule has 0 N–H and O–H groups in total. The molecule has 0 saturated heterocycles. The lowest BCUT2D eigenvalue weighted by molar-refractivity contribution is -0.140. The molecule has 0 saturated carbocycles. The predicted molar refractivity (Wildman–Crippen MR) is 76.2 cm³/mol. The van der Waals surface area contributed by atoms with Crippen LogP contribution in [0.15, 0.2) is 10.5 Å². The Morgan fingerprint density at radius 3 is 2.74 bits per heavy atom. The molecule has 0 bridgehead atoms. The van der Waals surface area contributed by atoms with Crippen LogP contribution in [0.25, 0.3) is 0 Å². The standard InChI is InChI=1S/C16H26O3/c1-5-7-8-12(3)9-14-10-13(6-2)15(19-14)11-16(17)18-4/h10,12H,5-9,11H2,1-4H3/t12-/m0/s1. The normalized spacial score (nSPS) is 12.4. The van der Waals surface area contributed by atoms with Crippen molar-refractivity contribution in [3.63, 3.8) is 0 Å². The van der Waals surface area contributed by atoms with Crippen LogP contribution in [0.5, 0.6) is 0 Å². The number of carbonyl (C=O) groups excluding carboxylic acids is 1. The van der Waals surface area contributed by atoms with E-state index in [9.17, 15) is 4.79 Å². The van der Waals surface area contributed by atoms with Crippen LogP contribution < -0.4 is 0 Å². The van der Waals surface area contributed by atoms with Gasteiger partial charge in [0, 0.05) is 6.42 Å². The number of rotatable bonds is 8. The molecule has 108 valence electrons. The number of hydrogen-bond donors (Lipinski definition) is 0. The van der Waals surface area contributed by atoms with Crippen molar-refractivity contribution < 1.29 is 13.9 Å². The predicted octanol–water partition coefficient (Wildman–Crippen LogP) is 3.93. The summed E-state index contributed by atoms with van der Waals surface area (Å²) in [5.74, 6) is 2.16. The molecule has 1 aromatic heterocycles. The first-order chi connectivity index (χ1) is 9.10. The minimum atomic E-state index is -0.241. The highest BCUT2D eigenvalue weighted by atomic mass is 16.5. The summed E-state index contributed by atoms with van der Waals surface area (Å²) in [5, 5.41) is 0. The van der Waals surface area contributed by atoms with Gasteiger partial charge < -0.3 is 9.15 Å². The fraction of sp³-hybridized carbons (Fsp3) is 0.688. The monoisotopic (exact) mass is 266 g/mol. The molecule has 0 aliphatic heterocycles. The Bertz CT molecular complexity index is 393. The van der Waals surface area contributed by atoms with Crippen LogP contribution in [-0.4, -0.2) is 13.1 Å². The quantitative estimate of drug-likeness (QED) is 0.669. The minimum absolute atomic E-state index is 0.239. The van der Waals surface area contributed by atoms with Crippen LogP contribution in [0.4, 0.5) is 0 Å². The third-order valence-electron chi connectivity index (χ3n) is 3.46. The number of aryl methyl sites for hydroxylation is 1. The highest BCUT2D eigenvalue weighted by molar-refractivity contribution is 5.72. The Hall–Kier alpha value is -1.25. The molecule has 1 heterocycles. The summed E-state index contributed by atoms with van der Waals surface area (Å²) < 4.78 is 10.5. The van der Waals surface area contributed by atoms with Gasteiger partial charge in [-0.05, 0) is 24.0 Å². The molecule has 0 aliphatic carbocycles. The number of ether oxygens (including phenoxy) is 1. The van der Waals surface area contributed by atoms with Gasteiger partial charge in [-0.1, -0.05) is 40.0 Å². The molecule has 0 fully saturated rings. The van der Waals surface area contributed by atoms with Crippen molar-refractivity contribution in [3.8, 4) is 0 Å². The van der Waals surface area contributed by atoms with Crippen LogP contribution in [0.2, 0.25) is 0 Å². The fourth-order valence-electron chi connectivity index (χ4n) is 2.28. The highest BCUT2D eigenvalue weighted by Gasteiger charge is 2.15. The molecule has 1 atom stereocenters. The average molecular weight is 266 g/mol. The van der Waals surface area contributed by atoms with Gasteiger partial charge >= 0.3 is 5.97 Å². The summed E-state index contributed by atoms with van der Waals surface area (Å²) in [5.41, 5.74) is 1.13. The maximum Gasteiger partial charge on any atom is 0.313 e. The second-order valence-corrected chi connectivity index (χ2v) is 5.22. The Labute approximate surface area is 116 Å². The molecule has 0 unspecified atom stereocenters. The third kappa shape index (κ3) is 5.09. The van der Waals surface area contributed by atoms with E-state index in [1.54, 1.807) is 0 Å². The Morgan fingerprint density at radius 2 is 2.16 bits per heavy atom. The van der Waals surface area contributed by atoms with Gasteiger partial charge in [0.15, 0.2) is 0 Å². The lowest BCUT2D eigenvalue weighted by Crippen LogP contribution is -2.05. The Morgan fingerprint density at radius 1 is 1.42 bits per heavy atom. The Kier molecular flexibility index (Phi) is 6.68. The van der Waals surface area contributed by atoms with Crippen molar-refractivity contribution in [2.75, 3.05) is 7.11 Å². The molecule has 0 aromatic carbocycles.